The molecule has 0 spiro atoms. The molecule has 156 valence electrons. The average molecular weight is 405 g/mol. The molecule has 30 heavy (non-hydrogen) atoms. The molecule has 1 N–H and O–H groups in total. The van der Waals surface area contributed by atoms with Gasteiger partial charge in [-0.1, -0.05) is 26.3 Å². The second-order valence-electron chi connectivity index (χ2n) is 7.70. The summed E-state index contributed by atoms with van der Waals surface area (Å²) >= 11 is 0. The van der Waals surface area contributed by atoms with Gasteiger partial charge in [0, 0.05) is 42.5 Å². The first-order valence-electron chi connectivity index (χ1n) is 10.6. The Morgan fingerprint density at radius 2 is 2.10 bits per heavy atom. The van der Waals surface area contributed by atoms with Crippen LogP contribution in [0.4, 0.5) is 11.4 Å². The van der Waals surface area contributed by atoms with E-state index >= 15 is 0 Å². The first-order valence-corrected chi connectivity index (χ1v) is 10.6. The van der Waals surface area contributed by atoms with Gasteiger partial charge in [0.15, 0.2) is 5.65 Å². The lowest BCUT2D eigenvalue weighted by Crippen LogP contribution is -2.31. The molecule has 1 aromatic carbocycles. The van der Waals surface area contributed by atoms with Crippen LogP contribution in [-0.4, -0.2) is 27.8 Å². The maximum atomic E-state index is 12.0. The van der Waals surface area contributed by atoms with Crippen LogP contribution >= 0.6 is 0 Å². The van der Waals surface area contributed by atoms with Gasteiger partial charge in [-0.2, -0.15) is 5.17 Å². The molecule has 0 fully saturated rings. The number of anilines is 2. The van der Waals surface area contributed by atoms with Crippen LogP contribution in [0.1, 0.15) is 50.7 Å². The highest BCUT2D eigenvalue weighted by molar-refractivity contribution is 5.96. The average Bonchev–Trinajstić information content (AvgIpc) is 3.15. The molecular formula is C24H28N4O2. The fourth-order valence-electron chi connectivity index (χ4n) is 4.20. The number of hydrogen-bond acceptors (Lipinski definition) is 4. The topological polar surface area (TPSA) is 61.6 Å². The normalized spacial score (nSPS) is 14.3. The second kappa shape index (κ2) is 8.32. The van der Waals surface area contributed by atoms with Crippen molar-refractivity contribution in [1.82, 2.24) is 9.66 Å². The van der Waals surface area contributed by atoms with E-state index in [0.717, 1.165) is 46.6 Å². The van der Waals surface area contributed by atoms with Crippen LogP contribution < -0.4 is 10.1 Å². The van der Waals surface area contributed by atoms with E-state index in [2.05, 4.69) is 31.0 Å². The zero-order valence-corrected chi connectivity index (χ0v) is 17.8. The fraction of sp³-hybridized carbons (Fsp3) is 0.333. The lowest BCUT2D eigenvalue weighted by Gasteiger charge is -2.27. The summed E-state index contributed by atoms with van der Waals surface area (Å²) in [6.07, 6.45) is 10.1. The van der Waals surface area contributed by atoms with Gasteiger partial charge in [-0.05, 0) is 60.7 Å². The van der Waals surface area contributed by atoms with Crippen LogP contribution in [-0.2, 0) is 11.2 Å². The second-order valence-corrected chi connectivity index (χ2v) is 7.70. The number of aryl methyl sites for hydroxylation is 1. The number of rotatable bonds is 6. The van der Waals surface area contributed by atoms with Crippen molar-refractivity contribution >= 4 is 33.9 Å². The number of amides is 1. The van der Waals surface area contributed by atoms with E-state index in [9.17, 15) is 10.0 Å². The van der Waals surface area contributed by atoms with Crippen molar-refractivity contribution in [3.8, 4) is 0 Å². The Balaban J connectivity index is 1.78. The van der Waals surface area contributed by atoms with Gasteiger partial charge in [-0.15, -0.1) is 0 Å². The number of aromatic nitrogens is 2. The summed E-state index contributed by atoms with van der Waals surface area (Å²) < 4.78 is 1.70. The zero-order chi connectivity index (χ0) is 21.3. The molecule has 4 rings (SSSR count). The number of carbonyl (C=O) groups is 1. The molecule has 3 aromatic rings. The van der Waals surface area contributed by atoms with Gasteiger partial charge in [-0.25, -0.2) is 9.66 Å². The van der Waals surface area contributed by atoms with E-state index in [1.807, 2.05) is 30.5 Å². The fourth-order valence-corrected chi connectivity index (χ4v) is 4.20. The first-order chi connectivity index (χ1) is 14.5. The third-order valence-corrected chi connectivity index (χ3v) is 5.70. The van der Waals surface area contributed by atoms with E-state index in [-0.39, 0.29) is 5.91 Å². The molecule has 0 radical (unpaired) electrons. The highest BCUT2D eigenvalue weighted by atomic mass is 16.5. The van der Waals surface area contributed by atoms with Crippen molar-refractivity contribution in [3.63, 3.8) is 0 Å². The van der Waals surface area contributed by atoms with Crippen LogP contribution in [0.3, 0.4) is 0 Å². The molecule has 0 saturated carbocycles. The minimum Gasteiger partial charge on any atom is -0.315 e. The summed E-state index contributed by atoms with van der Waals surface area (Å²) in [6, 6.07) is 9.65. The van der Waals surface area contributed by atoms with Crippen molar-refractivity contribution < 1.29 is 10.0 Å². The summed E-state index contributed by atoms with van der Waals surface area (Å²) in [5.74, 6) is 0.118. The summed E-state index contributed by atoms with van der Waals surface area (Å²) in [7, 11) is 1.79. The highest BCUT2D eigenvalue weighted by Gasteiger charge is 2.23. The lowest BCUT2D eigenvalue weighted by atomic mass is 10.0. The maximum Gasteiger partial charge on any atom is 0.227 e. The minimum atomic E-state index is 0.118. The van der Waals surface area contributed by atoms with Gasteiger partial charge in [0.25, 0.3) is 0 Å². The number of carbonyl (C=O) groups excluding carboxylic acids is 1. The van der Waals surface area contributed by atoms with E-state index in [0.29, 0.717) is 24.2 Å². The van der Waals surface area contributed by atoms with E-state index in [4.69, 9.17) is 0 Å². The molecule has 0 bridgehead atoms. The zero-order valence-electron chi connectivity index (χ0n) is 17.8. The van der Waals surface area contributed by atoms with Crippen LogP contribution in [0.15, 0.2) is 48.8 Å². The van der Waals surface area contributed by atoms with Crippen LogP contribution in [0.5, 0.6) is 0 Å². The van der Waals surface area contributed by atoms with Crippen molar-refractivity contribution in [2.75, 3.05) is 17.1 Å². The number of pyridine rings is 1. The van der Waals surface area contributed by atoms with Crippen LogP contribution in [0.25, 0.3) is 16.6 Å². The largest absolute Gasteiger partial charge is 0.315 e. The van der Waals surface area contributed by atoms with Crippen molar-refractivity contribution in [2.45, 2.75) is 46.0 Å². The summed E-state index contributed by atoms with van der Waals surface area (Å²) in [5.41, 5.74) is 5.67. The highest BCUT2D eigenvalue weighted by Crippen LogP contribution is 2.33. The van der Waals surface area contributed by atoms with Gasteiger partial charge in [-0.3, -0.25) is 10.0 Å². The molecule has 6 heteroatoms. The molecule has 0 unspecified atom stereocenters. The lowest BCUT2D eigenvalue weighted by molar-refractivity contribution is -0.118. The van der Waals surface area contributed by atoms with Gasteiger partial charge in [0.1, 0.15) is 0 Å². The Morgan fingerprint density at radius 3 is 2.87 bits per heavy atom. The molecule has 1 amide bonds. The number of fused-ring (bicyclic) bond motifs is 2. The molecule has 3 heterocycles. The van der Waals surface area contributed by atoms with Gasteiger partial charge < -0.3 is 4.90 Å². The Labute approximate surface area is 177 Å². The van der Waals surface area contributed by atoms with Crippen LogP contribution in [0, 0.1) is 0 Å². The molecular weight excluding hydrogens is 376 g/mol. The minimum absolute atomic E-state index is 0.118. The first kappa shape index (κ1) is 20.2. The smallest absolute Gasteiger partial charge is 0.227 e. The van der Waals surface area contributed by atoms with Crippen molar-refractivity contribution in [3.05, 3.63) is 59.9 Å². The molecule has 1 aliphatic rings. The van der Waals surface area contributed by atoms with Crippen LogP contribution in [0.2, 0.25) is 0 Å². The molecule has 0 saturated heterocycles. The Kier molecular flexibility index (Phi) is 5.59. The third-order valence-electron chi connectivity index (χ3n) is 5.70. The summed E-state index contributed by atoms with van der Waals surface area (Å²) in [4.78, 5) is 18.2. The van der Waals surface area contributed by atoms with Gasteiger partial charge >= 0.3 is 0 Å². The van der Waals surface area contributed by atoms with E-state index < -0.39 is 0 Å². The number of allylic oxidation sites excluding steroid dienone is 2. The molecule has 0 aliphatic carbocycles. The Bertz CT molecular complexity index is 1120. The summed E-state index contributed by atoms with van der Waals surface area (Å²) in [5, 5.41) is 13.3. The number of benzene rings is 1. The van der Waals surface area contributed by atoms with Crippen molar-refractivity contribution in [1.29, 1.82) is 0 Å². The monoisotopic (exact) mass is 404 g/mol. The Hall–Kier alpha value is -3.12. The van der Waals surface area contributed by atoms with Gasteiger partial charge in [0.05, 0.1) is 5.69 Å². The number of hydrogen-bond donors (Lipinski definition) is 1. The van der Waals surface area contributed by atoms with E-state index in [1.165, 1.54) is 5.57 Å². The predicted octanol–water partition coefficient (Wildman–Crippen LogP) is 5.20. The predicted molar refractivity (Wildman–Crippen MR) is 121 cm³/mol. The SMILES string of the molecule is CC/C=C(\CCC)c1cn(N(O)c2ccc3c(c2)CCC(=O)N3C)c2ncccc12. The molecule has 6 nitrogen and oxygen atoms in total. The molecule has 0 atom stereocenters. The van der Waals surface area contributed by atoms with E-state index in [1.54, 1.807) is 22.8 Å². The van der Waals surface area contributed by atoms with Crippen molar-refractivity contribution in [2.24, 2.45) is 0 Å². The number of nitrogens with zero attached hydrogens (tertiary/aromatic N) is 4. The van der Waals surface area contributed by atoms with Gasteiger partial charge in [0.2, 0.25) is 5.91 Å². The molecule has 1 aliphatic heterocycles. The third kappa shape index (κ3) is 3.48. The Morgan fingerprint density at radius 1 is 1.27 bits per heavy atom. The standard InChI is InChI=1S/C24H28N4O2/c1-4-7-17(8-5-2)21-16-27(24-20(21)9-6-14-25-24)28(30)19-11-12-22-18(15-19)10-13-23(29)26(22)3/h6-7,9,11-12,14-16,30H,4-5,8,10,13H2,1-3H3/b17-7+. The quantitative estimate of drug-likeness (QED) is 0.574. The molecule has 2 aromatic heterocycles. The summed E-state index contributed by atoms with van der Waals surface area (Å²) in [6.45, 7) is 4.31. The maximum absolute atomic E-state index is 12.0.